The van der Waals surface area contributed by atoms with Gasteiger partial charge in [-0.1, -0.05) is 6.07 Å². The molecule has 0 aliphatic heterocycles. The second kappa shape index (κ2) is 4.94. The SMILES string of the molecule is COc1cccc(NC(=O)C(F)(F)F)c1C(=O)O. The summed E-state index contributed by atoms with van der Waals surface area (Å²) in [5.74, 6) is -3.91. The van der Waals surface area contributed by atoms with Crippen LogP contribution in [0.5, 0.6) is 5.75 Å². The molecule has 0 unspecified atom stereocenters. The topological polar surface area (TPSA) is 75.6 Å². The molecule has 0 aromatic heterocycles. The first-order valence-corrected chi connectivity index (χ1v) is 4.56. The first-order chi connectivity index (χ1) is 8.27. The van der Waals surface area contributed by atoms with Crippen molar-refractivity contribution in [2.24, 2.45) is 0 Å². The van der Waals surface area contributed by atoms with Crippen molar-refractivity contribution in [3.8, 4) is 5.75 Å². The van der Waals surface area contributed by atoms with Gasteiger partial charge in [0.05, 0.1) is 12.8 Å². The predicted molar refractivity (Wildman–Crippen MR) is 54.6 cm³/mol. The fourth-order valence-corrected chi connectivity index (χ4v) is 1.22. The van der Waals surface area contributed by atoms with Crippen molar-refractivity contribution in [3.63, 3.8) is 0 Å². The molecule has 18 heavy (non-hydrogen) atoms. The Hall–Kier alpha value is -2.25. The quantitative estimate of drug-likeness (QED) is 0.873. The maximum atomic E-state index is 12.1. The van der Waals surface area contributed by atoms with E-state index in [2.05, 4.69) is 0 Å². The van der Waals surface area contributed by atoms with Gasteiger partial charge < -0.3 is 15.2 Å². The molecular weight excluding hydrogens is 255 g/mol. The number of nitrogens with one attached hydrogen (secondary N) is 1. The Labute approximate surface area is 99.2 Å². The standard InChI is InChI=1S/C10H8F3NO4/c1-18-6-4-2-3-5(7(6)8(15)16)14-9(17)10(11,12)13/h2-4H,1H3,(H,14,17)(H,15,16). The molecule has 0 bridgehead atoms. The molecule has 0 saturated carbocycles. The zero-order valence-corrected chi connectivity index (χ0v) is 9.04. The fourth-order valence-electron chi connectivity index (χ4n) is 1.22. The zero-order chi connectivity index (χ0) is 13.9. The molecule has 0 fully saturated rings. The van der Waals surface area contributed by atoms with Crippen LogP contribution in [-0.2, 0) is 4.79 Å². The van der Waals surface area contributed by atoms with Crippen LogP contribution in [0.3, 0.4) is 0 Å². The van der Waals surface area contributed by atoms with E-state index in [4.69, 9.17) is 9.84 Å². The number of ether oxygens (including phenoxy) is 1. The Morgan fingerprint density at radius 3 is 2.39 bits per heavy atom. The van der Waals surface area contributed by atoms with E-state index in [1.165, 1.54) is 17.4 Å². The van der Waals surface area contributed by atoms with Crippen molar-refractivity contribution in [3.05, 3.63) is 23.8 Å². The van der Waals surface area contributed by atoms with E-state index in [0.29, 0.717) is 0 Å². The molecule has 0 saturated heterocycles. The van der Waals surface area contributed by atoms with Crippen molar-refractivity contribution >= 4 is 17.6 Å². The summed E-state index contributed by atoms with van der Waals surface area (Å²) in [5, 5.41) is 10.4. The lowest BCUT2D eigenvalue weighted by Crippen LogP contribution is -2.30. The van der Waals surface area contributed by atoms with Crippen molar-refractivity contribution in [1.82, 2.24) is 0 Å². The molecule has 0 aliphatic carbocycles. The fraction of sp³-hybridized carbons (Fsp3) is 0.200. The number of hydrogen-bond acceptors (Lipinski definition) is 3. The second-order valence-corrected chi connectivity index (χ2v) is 3.14. The maximum absolute atomic E-state index is 12.1. The van der Waals surface area contributed by atoms with E-state index in [1.54, 1.807) is 0 Å². The molecule has 8 heteroatoms. The number of carboxylic acids is 1. The van der Waals surface area contributed by atoms with Crippen molar-refractivity contribution in [1.29, 1.82) is 0 Å². The number of hydrogen-bond donors (Lipinski definition) is 2. The number of amides is 1. The molecule has 0 aliphatic rings. The molecule has 1 aromatic rings. The Morgan fingerprint density at radius 1 is 1.33 bits per heavy atom. The number of halogens is 3. The molecule has 0 spiro atoms. The molecule has 1 amide bonds. The van der Waals surface area contributed by atoms with Crippen LogP contribution >= 0.6 is 0 Å². The van der Waals surface area contributed by atoms with Crippen LogP contribution in [-0.4, -0.2) is 30.3 Å². The largest absolute Gasteiger partial charge is 0.496 e. The summed E-state index contributed by atoms with van der Waals surface area (Å²) in [4.78, 5) is 21.7. The monoisotopic (exact) mass is 263 g/mol. The lowest BCUT2D eigenvalue weighted by atomic mass is 10.1. The highest BCUT2D eigenvalue weighted by molar-refractivity contribution is 6.03. The van der Waals surface area contributed by atoms with Gasteiger partial charge in [0.25, 0.3) is 0 Å². The maximum Gasteiger partial charge on any atom is 0.471 e. The van der Waals surface area contributed by atoms with Crippen LogP contribution in [0.25, 0.3) is 0 Å². The van der Waals surface area contributed by atoms with Crippen LogP contribution in [0, 0.1) is 0 Å². The van der Waals surface area contributed by atoms with Crippen molar-refractivity contribution < 1.29 is 32.6 Å². The normalized spacial score (nSPS) is 10.9. The smallest absolute Gasteiger partial charge is 0.471 e. The van der Waals surface area contributed by atoms with Gasteiger partial charge in [-0.15, -0.1) is 0 Å². The third kappa shape index (κ3) is 2.90. The molecule has 5 nitrogen and oxygen atoms in total. The molecule has 98 valence electrons. The van der Waals surface area contributed by atoms with Crippen LogP contribution in [0.15, 0.2) is 18.2 Å². The minimum Gasteiger partial charge on any atom is -0.496 e. The molecule has 0 atom stereocenters. The summed E-state index contributed by atoms with van der Waals surface area (Å²) in [6.45, 7) is 0. The van der Waals surface area contributed by atoms with E-state index in [0.717, 1.165) is 13.2 Å². The van der Waals surface area contributed by atoms with Gasteiger partial charge in [-0.25, -0.2) is 4.79 Å². The second-order valence-electron chi connectivity index (χ2n) is 3.14. The lowest BCUT2D eigenvalue weighted by molar-refractivity contribution is -0.167. The molecule has 2 N–H and O–H groups in total. The molecule has 0 radical (unpaired) electrons. The Balaban J connectivity index is 3.17. The van der Waals surface area contributed by atoms with Gasteiger partial charge in [-0.3, -0.25) is 4.79 Å². The van der Waals surface area contributed by atoms with E-state index in [1.807, 2.05) is 0 Å². The van der Waals surface area contributed by atoms with Gasteiger partial charge >= 0.3 is 18.1 Å². The third-order valence-corrected chi connectivity index (χ3v) is 1.97. The first kappa shape index (κ1) is 13.8. The van der Waals surface area contributed by atoms with Gasteiger partial charge in [-0.2, -0.15) is 13.2 Å². The highest BCUT2D eigenvalue weighted by atomic mass is 19.4. The predicted octanol–water partition coefficient (Wildman–Crippen LogP) is 1.89. The van der Waals surface area contributed by atoms with E-state index >= 15 is 0 Å². The lowest BCUT2D eigenvalue weighted by Gasteiger charge is -2.12. The van der Waals surface area contributed by atoms with E-state index in [-0.39, 0.29) is 5.75 Å². The summed E-state index contributed by atoms with van der Waals surface area (Å²) in [5.41, 5.74) is -1.03. The molecule has 1 rings (SSSR count). The molecular formula is C10H8F3NO4. The minimum atomic E-state index is -5.10. The average molecular weight is 263 g/mol. The molecule has 1 aromatic carbocycles. The third-order valence-electron chi connectivity index (χ3n) is 1.97. The summed E-state index contributed by atoms with van der Waals surface area (Å²) < 4.78 is 40.9. The molecule has 0 heterocycles. The highest BCUT2D eigenvalue weighted by Crippen LogP contribution is 2.28. The van der Waals surface area contributed by atoms with Gasteiger partial charge in [0.2, 0.25) is 0 Å². The summed E-state index contributed by atoms with van der Waals surface area (Å²) >= 11 is 0. The Morgan fingerprint density at radius 2 is 1.94 bits per heavy atom. The van der Waals surface area contributed by atoms with Crippen LogP contribution in [0.4, 0.5) is 18.9 Å². The number of methoxy groups -OCH3 is 1. The van der Waals surface area contributed by atoms with Crippen molar-refractivity contribution in [2.45, 2.75) is 6.18 Å². The number of aromatic carboxylic acids is 1. The number of carbonyl (C=O) groups excluding carboxylic acids is 1. The Kier molecular flexibility index (Phi) is 3.79. The van der Waals surface area contributed by atoms with Gasteiger partial charge in [0.15, 0.2) is 0 Å². The number of benzene rings is 1. The number of carbonyl (C=O) groups is 2. The Bertz CT molecular complexity index is 485. The van der Waals surface area contributed by atoms with Gasteiger partial charge in [0, 0.05) is 0 Å². The number of anilines is 1. The highest BCUT2D eigenvalue weighted by Gasteiger charge is 2.39. The van der Waals surface area contributed by atoms with Gasteiger partial charge in [-0.05, 0) is 12.1 Å². The summed E-state index contributed by atoms with van der Waals surface area (Å²) in [7, 11) is 1.16. The average Bonchev–Trinajstić information content (AvgIpc) is 2.26. The van der Waals surface area contributed by atoms with Crippen LogP contribution < -0.4 is 10.1 Å². The summed E-state index contributed by atoms with van der Waals surface area (Å²) in [6, 6.07) is 3.56. The van der Waals surface area contributed by atoms with Crippen LogP contribution in [0.2, 0.25) is 0 Å². The van der Waals surface area contributed by atoms with E-state index in [9.17, 15) is 22.8 Å². The van der Waals surface area contributed by atoms with Crippen molar-refractivity contribution in [2.75, 3.05) is 12.4 Å². The number of alkyl halides is 3. The van der Waals surface area contributed by atoms with Gasteiger partial charge in [0.1, 0.15) is 11.3 Å². The first-order valence-electron chi connectivity index (χ1n) is 4.56. The number of rotatable bonds is 3. The zero-order valence-electron chi connectivity index (χ0n) is 9.04. The number of carboxylic acid groups (broad SMARTS) is 1. The minimum absolute atomic E-state index is 0.150. The van der Waals surface area contributed by atoms with Crippen LogP contribution in [0.1, 0.15) is 10.4 Å². The summed E-state index contributed by atoms with van der Waals surface area (Å²) in [6.07, 6.45) is -5.10. The van der Waals surface area contributed by atoms with E-state index < -0.39 is 29.3 Å².